The van der Waals surface area contributed by atoms with Crippen molar-refractivity contribution < 1.29 is 0 Å². The van der Waals surface area contributed by atoms with Crippen LogP contribution in [0.2, 0.25) is 5.15 Å². The van der Waals surface area contributed by atoms with Crippen molar-refractivity contribution >= 4 is 29.2 Å². The lowest BCUT2D eigenvalue weighted by Gasteiger charge is -2.05. The normalized spacial score (nSPS) is 11.2. The fourth-order valence-corrected chi connectivity index (χ4v) is 2.29. The Balaban J connectivity index is 1.99. The van der Waals surface area contributed by atoms with Gasteiger partial charge in [0.15, 0.2) is 0 Å². The van der Waals surface area contributed by atoms with Crippen LogP contribution in [0, 0.1) is 6.92 Å². The molecule has 2 heterocycles. The van der Waals surface area contributed by atoms with Crippen LogP contribution in [-0.4, -0.2) is 15.6 Å². The zero-order valence-corrected chi connectivity index (χ0v) is 12.6. The largest absolute Gasteiger partial charge is 0.278 e. The molecule has 3 rings (SSSR count). The zero-order chi connectivity index (χ0) is 15.5. The minimum Gasteiger partial charge on any atom is -0.278 e. The number of hydrogen-bond acceptors (Lipinski definition) is 4. The molecule has 1 aromatic carbocycles. The van der Waals surface area contributed by atoms with Gasteiger partial charge in [-0.1, -0.05) is 35.9 Å². The van der Waals surface area contributed by atoms with Gasteiger partial charge >= 0.3 is 0 Å². The van der Waals surface area contributed by atoms with Crippen molar-refractivity contribution in [1.29, 1.82) is 0 Å². The fraction of sp³-hybridized carbons (Fsp3) is 0.0625. The van der Waals surface area contributed by atoms with E-state index in [0.29, 0.717) is 5.65 Å². The first-order chi connectivity index (χ1) is 10.7. The minimum absolute atomic E-state index is 0.137. The molecule has 110 valence electrons. The average Bonchev–Trinajstić information content (AvgIpc) is 2.53. The smallest absolute Gasteiger partial charge is 0.268 e. The SMILES string of the molecule is Cc1cccn2c(=O)c(C=NNc3ccccc3)c(Cl)nc12. The van der Waals surface area contributed by atoms with Gasteiger partial charge in [-0.15, -0.1) is 0 Å². The van der Waals surface area contributed by atoms with E-state index in [4.69, 9.17) is 11.6 Å². The Morgan fingerprint density at radius 3 is 2.77 bits per heavy atom. The molecule has 0 bridgehead atoms. The Bertz CT molecular complexity index is 903. The van der Waals surface area contributed by atoms with Crippen LogP contribution in [0.4, 0.5) is 5.69 Å². The molecule has 0 fully saturated rings. The number of nitrogens with zero attached hydrogens (tertiary/aromatic N) is 3. The maximum absolute atomic E-state index is 12.5. The summed E-state index contributed by atoms with van der Waals surface area (Å²) in [7, 11) is 0. The fourth-order valence-electron chi connectivity index (χ4n) is 2.08. The number of anilines is 1. The number of fused-ring (bicyclic) bond motifs is 1. The van der Waals surface area contributed by atoms with E-state index in [0.717, 1.165) is 11.3 Å². The van der Waals surface area contributed by atoms with Gasteiger partial charge in [-0.3, -0.25) is 14.6 Å². The van der Waals surface area contributed by atoms with Crippen molar-refractivity contribution in [2.75, 3.05) is 5.43 Å². The first-order valence-electron chi connectivity index (χ1n) is 6.68. The molecular formula is C16H13ClN4O. The molecule has 0 unspecified atom stereocenters. The predicted molar refractivity (Wildman–Crippen MR) is 88.9 cm³/mol. The van der Waals surface area contributed by atoms with Crippen LogP contribution in [0.25, 0.3) is 5.65 Å². The van der Waals surface area contributed by atoms with Crippen LogP contribution in [0.1, 0.15) is 11.1 Å². The molecule has 0 radical (unpaired) electrons. The molecular weight excluding hydrogens is 300 g/mol. The topological polar surface area (TPSA) is 58.8 Å². The van der Waals surface area contributed by atoms with E-state index in [9.17, 15) is 4.79 Å². The molecule has 22 heavy (non-hydrogen) atoms. The number of halogens is 1. The second-order valence-electron chi connectivity index (χ2n) is 4.74. The molecule has 0 aliphatic heterocycles. The Morgan fingerprint density at radius 1 is 1.23 bits per heavy atom. The molecule has 0 amide bonds. The molecule has 0 spiro atoms. The summed E-state index contributed by atoms with van der Waals surface area (Å²) in [5, 5.41) is 4.19. The Kier molecular flexibility index (Phi) is 3.89. The molecule has 3 aromatic rings. The summed E-state index contributed by atoms with van der Waals surface area (Å²) in [6.45, 7) is 1.88. The monoisotopic (exact) mass is 312 g/mol. The van der Waals surface area contributed by atoms with Gasteiger partial charge in [-0.2, -0.15) is 5.10 Å². The van der Waals surface area contributed by atoms with E-state index in [-0.39, 0.29) is 16.3 Å². The molecule has 6 heteroatoms. The average molecular weight is 313 g/mol. The summed E-state index contributed by atoms with van der Waals surface area (Å²) in [5.74, 6) is 0. The highest BCUT2D eigenvalue weighted by Crippen LogP contribution is 2.12. The maximum atomic E-state index is 12.5. The maximum Gasteiger partial charge on any atom is 0.268 e. The van der Waals surface area contributed by atoms with Gasteiger partial charge in [0.05, 0.1) is 17.5 Å². The number of benzene rings is 1. The number of aryl methyl sites for hydroxylation is 1. The number of para-hydroxylation sites is 1. The van der Waals surface area contributed by atoms with Gasteiger partial charge in [-0.05, 0) is 30.7 Å². The highest BCUT2D eigenvalue weighted by atomic mass is 35.5. The second-order valence-corrected chi connectivity index (χ2v) is 5.10. The standard InChI is InChI=1S/C16H13ClN4O/c1-11-6-5-9-21-15(11)19-14(17)13(16(21)22)10-18-20-12-7-3-2-4-8-12/h2-10,20H,1H3. The second kappa shape index (κ2) is 5.99. The summed E-state index contributed by atoms with van der Waals surface area (Å²) in [6, 6.07) is 13.1. The lowest BCUT2D eigenvalue weighted by Crippen LogP contribution is -2.20. The van der Waals surface area contributed by atoms with Crippen molar-refractivity contribution in [2.24, 2.45) is 5.10 Å². The number of nitrogens with one attached hydrogen (secondary N) is 1. The third-order valence-corrected chi connectivity index (χ3v) is 3.49. The third-order valence-electron chi connectivity index (χ3n) is 3.20. The van der Waals surface area contributed by atoms with E-state index in [2.05, 4.69) is 15.5 Å². The van der Waals surface area contributed by atoms with Gasteiger partial charge in [-0.25, -0.2) is 4.98 Å². The molecule has 0 saturated carbocycles. The van der Waals surface area contributed by atoms with Crippen LogP contribution >= 0.6 is 11.6 Å². The summed E-state index contributed by atoms with van der Waals surface area (Å²) in [6.07, 6.45) is 3.05. The van der Waals surface area contributed by atoms with Crippen LogP contribution in [-0.2, 0) is 0 Å². The zero-order valence-electron chi connectivity index (χ0n) is 11.8. The number of aromatic nitrogens is 2. The van der Waals surface area contributed by atoms with Crippen LogP contribution in [0.5, 0.6) is 0 Å². The summed E-state index contributed by atoms with van der Waals surface area (Å²) in [4.78, 5) is 16.7. The molecule has 0 saturated heterocycles. The van der Waals surface area contributed by atoms with Crippen molar-refractivity contribution in [3.63, 3.8) is 0 Å². The summed E-state index contributed by atoms with van der Waals surface area (Å²) >= 11 is 6.12. The van der Waals surface area contributed by atoms with Gasteiger partial charge < -0.3 is 0 Å². The number of hydrazone groups is 1. The van der Waals surface area contributed by atoms with Crippen molar-refractivity contribution in [3.8, 4) is 0 Å². The Hall–Kier alpha value is -2.66. The highest BCUT2D eigenvalue weighted by molar-refractivity contribution is 6.32. The number of hydrogen-bond donors (Lipinski definition) is 1. The van der Waals surface area contributed by atoms with E-state index in [1.165, 1.54) is 10.6 Å². The predicted octanol–water partition coefficient (Wildman–Crippen LogP) is 3.10. The molecule has 1 N–H and O–H groups in total. The first kappa shape index (κ1) is 14.3. The van der Waals surface area contributed by atoms with Crippen LogP contribution < -0.4 is 11.0 Å². The minimum atomic E-state index is -0.252. The highest BCUT2D eigenvalue weighted by Gasteiger charge is 2.10. The van der Waals surface area contributed by atoms with E-state index in [1.807, 2.05) is 43.3 Å². The Labute approximate surface area is 131 Å². The quantitative estimate of drug-likeness (QED) is 0.459. The number of pyridine rings is 1. The van der Waals surface area contributed by atoms with Gasteiger partial charge in [0.2, 0.25) is 0 Å². The number of rotatable bonds is 3. The van der Waals surface area contributed by atoms with Gasteiger partial charge in [0, 0.05) is 6.20 Å². The molecule has 0 aliphatic rings. The van der Waals surface area contributed by atoms with Crippen molar-refractivity contribution in [1.82, 2.24) is 9.38 Å². The van der Waals surface area contributed by atoms with E-state index in [1.54, 1.807) is 12.3 Å². The van der Waals surface area contributed by atoms with Gasteiger partial charge in [0.25, 0.3) is 5.56 Å². The molecule has 0 atom stereocenters. The van der Waals surface area contributed by atoms with Crippen molar-refractivity contribution in [3.05, 3.63) is 75.3 Å². The third kappa shape index (κ3) is 2.71. The van der Waals surface area contributed by atoms with Gasteiger partial charge in [0.1, 0.15) is 10.8 Å². The first-order valence-corrected chi connectivity index (χ1v) is 7.06. The molecule has 5 nitrogen and oxygen atoms in total. The van der Waals surface area contributed by atoms with E-state index >= 15 is 0 Å². The molecule has 0 aliphatic carbocycles. The summed E-state index contributed by atoms with van der Waals surface area (Å²) in [5.41, 5.74) is 5.08. The lowest BCUT2D eigenvalue weighted by molar-refractivity contribution is 1.03. The summed E-state index contributed by atoms with van der Waals surface area (Å²) < 4.78 is 1.46. The Morgan fingerprint density at radius 2 is 2.00 bits per heavy atom. The van der Waals surface area contributed by atoms with Crippen molar-refractivity contribution in [2.45, 2.75) is 6.92 Å². The lowest BCUT2D eigenvalue weighted by atomic mass is 10.3. The molecule has 2 aromatic heterocycles. The van der Waals surface area contributed by atoms with Crippen LogP contribution in [0.15, 0.2) is 58.6 Å². The van der Waals surface area contributed by atoms with E-state index < -0.39 is 0 Å². The van der Waals surface area contributed by atoms with Crippen LogP contribution in [0.3, 0.4) is 0 Å².